The van der Waals surface area contributed by atoms with Crippen LogP contribution in [0.15, 0.2) is 28.2 Å². The van der Waals surface area contributed by atoms with Gasteiger partial charge in [-0.2, -0.15) is 0 Å². The lowest BCUT2D eigenvalue weighted by Crippen LogP contribution is -2.30. The summed E-state index contributed by atoms with van der Waals surface area (Å²) < 4.78 is 1.68. The lowest BCUT2D eigenvalue weighted by Gasteiger charge is -2.15. The fourth-order valence-corrected chi connectivity index (χ4v) is 4.34. The summed E-state index contributed by atoms with van der Waals surface area (Å²) in [6.45, 7) is 5.72. The van der Waals surface area contributed by atoms with Crippen LogP contribution in [0.1, 0.15) is 36.2 Å². The number of carbonyl (C=O) groups is 1. The third-order valence-electron chi connectivity index (χ3n) is 4.38. The minimum absolute atomic E-state index is 0.0221. The number of nitrogens with one attached hydrogen (secondary N) is 1. The van der Waals surface area contributed by atoms with Crippen LogP contribution in [0.25, 0.3) is 0 Å². The van der Waals surface area contributed by atoms with Crippen LogP contribution < -0.4 is 10.9 Å². The summed E-state index contributed by atoms with van der Waals surface area (Å²) in [5.41, 5.74) is 3.11. The average Bonchev–Trinajstić information content (AvgIpc) is 2.94. The summed E-state index contributed by atoms with van der Waals surface area (Å²) in [5, 5.41) is 4.18. The average molecular weight is 378 g/mol. The molecule has 3 rings (SSSR count). The highest BCUT2D eigenvalue weighted by Gasteiger charge is 2.29. The number of rotatable bonds is 4. The predicted octanol–water partition coefficient (Wildman–Crippen LogP) is 3.75. The van der Waals surface area contributed by atoms with Crippen LogP contribution in [0, 0.1) is 13.8 Å². The van der Waals surface area contributed by atoms with E-state index in [1.807, 2.05) is 32.9 Å². The number of aromatic nitrogens is 2. The zero-order valence-corrected chi connectivity index (χ0v) is 16.0. The summed E-state index contributed by atoms with van der Waals surface area (Å²) in [7, 11) is 0. The van der Waals surface area contributed by atoms with Crippen molar-refractivity contribution in [2.45, 2.75) is 44.8 Å². The molecule has 0 fully saturated rings. The molecule has 1 unspecified atom stereocenters. The van der Waals surface area contributed by atoms with Gasteiger partial charge in [-0.1, -0.05) is 36.4 Å². The number of fused-ring (bicyclic) bond motifs is 1. The van der Waals surface area contributed by atoms with E-state index in [1.165, 1.54) is 11.8 Å². The Morgan fingerprint density at radius 2 is 2.20 bits per heavy atom. The number of amides is 1. The Kier molecular flexibility index (Phi) is 5.20. The molecule has 2 aromatic rings. The quantitative estimate of drug-likeness (QED) is 0.824. The zero-order chi connectivity index (χ0) is 18.1. The molecule has 1 aliphatic heterocycles. The molecule has 132 valence electrons. The SMILES string of the molecule is CCc1c(C)nc2n(c1=O)C(CC(=O)Nc1ccc(C)c(Cl)c1)CS2. The van der Waals surface area contributed by atoms with E-state index >= 15 is 0 Å². The molecule has 1 amide bonds. The number of aryl methyl sites for hydroxylation is 2. The Hall–Kier alpha value is -1.79. The van der Waals surface area contributed by atoms with Crippen molar-refractivity contribution >= 4 is 35.0 Å². The summed E-state index contributed by atoms with van der Waals surface area (Å²) in [4.78, 5) is 29.6. The second-order valence-corrected chi connectivity index (χ2v) is 7.56. The Bertz CT molecular complexity index is 895. The molecule has 0 aliphatic carbocycles. The molecule has 1 aliphatic rings. The minimum atomic E-state index is -0.174. The maximum absolute atomic E-state index is 12.7. The van der Waals surface area contributed by atoms with Crippen LogP contribution in [-0.2, 0) is 11.2 Å². The van der Waals surface area contributed by atoms with Crippen molar-refractivity contribution in [3.05, 3.63) is 50.4 Å². The van der Waals surface area contributed by atoms with Crippen LogP contribution in [0.5, 0.6) is 0 Å². The Morgan fingerprint density at radius 1 is 1.44 bits per heavy atom. The molecule has 1 atom stereocenters. The summed E-state index contributed by atoms with van der Waals surface area (Å²) in [6, 6.07) is 5.25. The first-order valence-electron chi connectivity index (χ1n) is 8.21. The second kappa shape index (κ2) is 7.22. The number of halogens is 1. The van der Waals surface area contributed by atoms with Gasteiger partial charge in [0.1, 0.15) is 0 Å². The highest BCUT2D eigenvalue weighted by molar-refractivity contribution is 7.99. The molecule has 0 spiro atoms. The second-order valence-electron chi connectivity index (χ2n) is 6.17. The van der Waals surface area contributed by atoms with E-state index in [4.69, 9.17) is 11.6 Å². The zero-order valence-electron chi connectivity index (χ0n) is 14.4. The van der Waals surface area contributed by atoms with Gasteiger partial charge in [0.05, 0.1) is 6.04 Å². The van der Waals surface area contributed by atoms with Gasteiger partial charge in [-0.05, 0) is 38.0 Å². The fraction of sp³-hybridized carbons (Fsp3) is 0.389. The van der Waals surface area contributed by atoms with Crippen LogP contribution in [0.4, 0.5) is 5.69 Å². The third kappa shape index (κ3) is 3.60. The Morgan fingerprint density at radius 3 is 2.88 bits per heavy atom. The van der Waals surface area contributed by atoms with E-state index in [0.717, 1.165) is 16.8 Å². The highest BCUT2D eigenvalue weighted by Crippen LogP contribution is 2.33. The summed E-state index contributed by atoms with van der Waals surface area (Å²) >= 11 is 7.62. The van der Waals surface area contributed by atoms with Crippen molar-refractivity contribution in [2.75, 3.05) is 11.1 Å². The molecule has 25 heavy (non-hydrogen) atoms. The molecule has 1 aromatic carbocycles. The van der Waals surface area contributed by atoms with Gasteiger partial charge in [0, 0.05) is 34.1 Å². The van der Waals surface area contributed by atoms with Crippen molar-refractivity contribution in [3.63, 3.8) is 0 Å². The van der Waals surface area contributed by atoms with E-state index in [2.05, 4.69) is 10.3 Å². The molecular weight excluding hydrogens is 358 g/mol. The molecule has 1 aromatic heterocycles. The molecule has 0 radical (unpaired) electrons. The molecule has 5 nitrogen and oxygen atoms in total. The topological polar surface area (TPSA) is 64.0 Å². The number of carbonyl (C=O) groups excluding carboxylic acids is 1. The third-order valence-corrected chi connectivity index (χ3v) is 5.89. The van der Waals surface area contributed by atoms with Gasteiger partial charge in [0.15, 0.2) is 5.16 Å². The number of nitrogens with zero attached hydrogens (tertiary/aromatic N) is 2. The standard InChI is InChI=1S/C18H20ClN3O2S/c1-4-14-11(3)20-18-22(17(14)24)13(9-25-18)8-16(23)21-12-6-5-10(2)15(19)7-12/h5-7,13H,4,8-9H2,1-3H3,(H,21,23). The molecule has 1 N–H and O–H groups in total. The van der Waals surface area contributed by atoms with Crippen LogP contribution >= 0.6 is 23.4 Å². The van der Waals surface area contributed by atoms with Gasteiger partial charge >= 0.3 is 0 Å². The summed E-state index contributed by atoms with van der Waals surface area (Å²) in [6.07, 6.45) is 0.878. The number of anilines is 1. The van der Waals surface area contributed by atoms with Crippen molar-refractivity contribution in [1.82, 2.24) is 9.55 Å². The molecule has 0 saturated carbocycles. The van der Waals surface area contributed by atoms with Crippen LogP contribution in [0.2, 0.25) is 5.02 Å². The smallest absolute Gasteiger partial charge is 0.257 e. The monoisotopic (exact) mass is 377 g/mol. The predicted molar refractivity (Wildman–Crippen MR) is 102 cm³/mol. The van der Waals surface area contributed by atoms with Crippen molar-refractivity contribution in [1.29, 1.82) is 0 Å². The number of hydrogen-bond donors (Lipinski definition) is 1. The first-order chi connectivity index (χ1) is 11.9. The van der Waals surface area contributed by atoms with Gasteiger partial charge in [-0.15, -0.1) is 0 Å². The maximum Gasteiger partial charge on any atom is 0.257 e. The van der Waals surface area contributed by atoms with Crippen molar-refractivity contribution in [2.24, 2.45) is 0 Å². The summed E-state index contributed by atoms with van der Waals surface area (Å²) in [5.74, 6) is 0.542. The Labute approximate surface area is 155 Å². The van der Waals surface area contributed by atoms with E-state index in [0.29, 0.717) is 28.0 Å². The maximum atomic E-state index is 12.7. The number of thioether (sulfide) groups is 1. The first-order valence-corrected chi connectivity index (χ1v) is 9.57. The first kappa shape index (κ1) is 18.0. The van der Waals surface area contributed by atoms with E-state index in [-0.39, 0.29) is 23.9 Å². The normalized spacial score (nSPS) is 15.9. The molecular formula is C18H20ClN3O2S. The molecule has 0 bridgehead atoms. The van der Waals surface area contributed by atoms with Crippen molar-refractivity contribution < 1.29 is 4.79 Å². The van der Waals surface area contributed by atoms with E-state index in [1.54, 1.807) is 10.6 Å². The van der Waals surface area contributed by atoms with Gasteiger partial charge in [-0.3, -0.25) is 14.2 Å². The molecule has 7 heteroatoms. The van der Waals surface area contributed by atoms with E-state index < -0.39 is 0 Å². The lowest BCUT2D eigenvalue weighted by atomic mass is 10.1. The van der Waals surface area contributed by atoms with Gasteiger partial charge in [0.2, 0.25) is 5.91 Å². The van der Waals surface area contributed by atoms with Gasteiger partial charge in [0.25, 0.3) is 5.56 Å². The van der Waals surface area contributed by atoms with Crippen LogP contribution in [0.3, 0.4) is 0 Å². The minimum Gasteiger partial charge on any atom is -0.326 e. The lowest BCUT2D eigenvalue weighted by molar-refractivity contribution is -0.116. The largest absolute Gasteiger partial charge is 0.326 e. The number of benzene rings is 1. The molecule has 0 saturated heterocycles. The van der Waals surface area contributed by atoms with Crippen LogP contribution in [-0.4, -0.2) is 21.2 Å². The van der Waals surface area contributed by atoms with E-state index in [9.17, 15) is 9.59 Å². The Balaban J connectivity index is 1.78. The molecule has 2 heterocycles. The highest BCUT2D eigenvalue weighted by atomic mass is 35.5. The van der Waals surface area contributed by atoms with Gasteiger partial charge in [-0.25, -0.2) is 4.98 Å². The van der Waals surface area contributed by atoms with Gasteiger partial charge < -0.3 is 5.32 Å². The number of hydrogen-bond acceptors (Lipinski definition) is 4. The van der Waals surface area contributed by atoms with Crippen molar-refractivity contribution in [3.8, 4) is 0 Å². The fourth-order valence-electron chi connectivity index (χ4n) is 2.97.